The lowest BCUT2D eigenvalue weighted by atomic mass is 9.98. The Balaban J connectivity index is 2.03. The summed E-state index contributed by atoms with van der Waals surface area (Å²) < 4.78 is 1.06. The molecule has 0 aliphatic heterocycles. The lowest BCUT2D eigenvalue weighted by Crippen LogP contribution is -2.17. The monoisotopic (exact) mass is 456 g/mol. The summed E-state index contributed by atoms with van der Waals surface area (Å²) >= 11 is 10.2. The minimum Gasteiger partial charge on any atom is -0.410 e. The van der Waals surface area contributed by atoms with Crippen molar-refractivity contribution in [3.8, 4) is 0 Å². The van der Waals surface area contributed by atoms with Crippen molar-refractivity contribution in [3.63, 3.8) is 0 Å². The summed E-state index contributed by atoms with van der Waals surface area (Å²) in [7, 11) is 0. The third-order valence-corrected chi connectivity index (χ3v) is 5.59. The Labute approximate surface area is 179 Å². The Morgan fingerprint density at radius 2 is 1.75 bits per heavy atom. The quantitative estimate of drug-likeness (QED) is 0.252. The summed E-state index contributed by atoms with van der Waals surface area (Å²) in [5, 5.41) is 13.7. The van der Waals surface area contributed by atoms with Crippen LogP contribution < -0.4 is 4.90 Å². The molecule has 3 nitrogen and oxygen atoms in total. The van der Waals surface area contributed by atoms with Crippen LogP contribution in [-0.4, -0.2) is 17.5 Å². The zero-order chi connectivity index (χ0) is 20.3. The molecule has 0 bridgehead atoms. The van der Waals surface area contributed by atoms with Crippen LogP contribution >= 0.6 is 27.5 Å². The van der Waals surface area contributed by atoms with E-state index in [2.05, 4.69) is 52.0 Å². The molecule has 0 atom stereocenters. The van der Waals surface area contributed by atoms with Gasteiger partial charge in [0.15, 0.2) is 0 Å². The number of anilines is 2. The Bertz CT molecular complexity index is 1030. The van der Waals surface area contributed by atoms with Gasteiger partial charge in [-0.15, -0.1) is 0 Å². The van der Waals surface area contributed by atoms with E-state index in [1.54, 1.807) is 0 Å². The third kappa shape index (κ3) is 4.08. The normalized spacial score (nSPS) is 11.5. The maximum atomic E-state index is 9.66. The van der Waals surface area contributed by atoms with Crippen molar-refractivity contribution < 1.29 is 5.21 Å². The van der Waals surface area contributed by atoms with Crippen LogP contribution in [-0.2, 0) is 0 Å². The first-order valence-electron chi connectivity index (χ1n) is 9.08. The highest BCUT2D eigenvalue weighted by Crippen LogP contribution is 2.33. The molecular weight excluding hydrogens is 436 g/mol. The molecule has 0 unspecified atom stereocenters. The fourth-order valence-corrected chi connectivity index (χ4v) is 4.11. The first kappa shape index (κ1) is 20.4. The first-order valence-corrected chi connectivity index (χ1v) is 10.2. The molecule has 0 aliphatic rings. The van der Waals surface area contributed by atoms with E-state index in [4.69, 9.17) is 11.6 Å². The van der Waals surface area contributed by atoms with Crippen LogP contribution in [0.25, 0.3) is 0 Å². The van der Waals surface area contributed by atoms with Crippen LogP contribution in [0.1, 0.15) is 29.2 Å². The Morgan fingerprint density at radius 1 is 1.00 bits per heavy atom. The molecule has 0 heterocycles. The minimum atomic E-state index is 0.470. The largest absolute Gasteiger partial charge is 0.410 e. The topological polar surface area (TPSA) is 35.8 Å². The molecule has 0 fully saturated rings. The number of aryl methyl sites for hydroxylation is 2. The lowest BCUT2D eigenvalue weighted by Gasteiger charge is -2.26. The molecule has 5 heteroatoms. The van der Waals surface area contributed by atoms with E-state index in [0.717, 1.165) is 33.5 Å². The van der Waals surface area contributed by atoms with Crippen LogP contribution in [0.4, 0.5) is 11.4 Å². The summed E-state index contributed by atoms with van der Waals surface area (Å²) in [6, 6.07) is 19.9. The van der Waals surface area contributed by atoms with E-state index in [-0.39, 0.29) is 0 Å². The molecule has 3 aromatic carbocycles. The number of hydrogen-bond acceptors (Lipinski definition) is 3. The zero-order valence-electron chi connectivity index (χ0n) is 16.1. The predicted molar refractivity (Wildman–Crippen MR) is 122 cm³/mol. The van der Waals surface area contributed by atoms with Gasteiger partial charge in [-0.05, 0) is 68.3 Å². The van der Waals surface area contributed by atoms with Gasteiger partial charge in [0.1, 0.15) is 5.71 Å². The second-order valence-electron chi connectivity index (χ2n) is 6.60. The van der Waals surface area contributed by atoms with E-state index in [0.29, 0.717) is 16.3 Å². The van der Waals surface area contributed by atoms with Crippen LogP contribution in [0.3, 0.4) is 0 Å². The highest BCUT2D eigenvalue weighted by atomic mass is 79.9. The van der Waals surface area contributed by atoms with Crippen LogP contribution in [0.15, 0.2) is 70.3 Å². The second-order valence-corrected chi connectivity index (χ2v) is 7.93. The molecular formula is C23H22BrClN2O. The molecule has 28 heavy (non-hydrogen) atoms. The van der Waals surface area contributed by atoms with Crippen molar-refractivity contribution in [1.29, 1.82) is 0 Å². The summed E-state index contributed by atoms with van der Waals surface area (Å²) in [6.07, 6.45) is 0. The first-order chi connectivity index (χ1) is 13.5. The fourth-order valence-electron chi connectivity index (χ4n) is 3.37. The standard InChI is InChI=1S/C23H22BrClN2O/c1-4-27(22-12-9-17(24)13-16(22)3)18-10-11-20(21(25)14-18)23(26-28)19-8-6-5-7-15(19)2/h5-14,28H,4H2,1-3H3. The van der Waals surface area contributed by atoms with E-state index in [9.17, 15) is 5.21 Å². The second kappa shape index (κ2) is 8.80. The Kier molecular flexibility index (Phi) is 6.42. The van der Waals surface area contributed by atoms with Crippen molar-refractivity contribution in [1.82, 2.24) is 0 Å². The third-order valence-electron chi connectivity index (χ3n) is 4.79. The highest BCUT2D eigenvalue weighted by Gasteiger charge is 2.17. The molecule has 3 aromatic rings. The summed E-state index contributed by atoms with van der Waals surface area (Å²) in [6.45, 7) is 6.99. The number of halogens is 2. The molecule has 0 saturated carbocycles. The number of nitrogens with zero attached hydrogens (tertiary/aromatic N) is 2. The molecule has 3 rings (SSSR count). The molecule has 0 aliphatic carbocycles. The number of oxime groups is 1. The number of hydrogen-bond donors (Lipinski definition) is 1. The summed E-state index contributed by atoms with van der Waals surface area (Å²) in [5.74, 6) is 0. The van der Waals surface area contributed by atoms with Gasteiger partial charge in [0.05, 0.1) is 5.02 Å². The smallest absolute Gasteiger partial charge is 0.118 e. The number of rotatable bonds is 5. The molecule has 1 N–H and O–H groups in total. The van der Waals surface area contributed by atoms with Crippen molar-refractivity contribution in [2.75, 3.05) is 11.4 Å². The molecule has 0 spiro atoms. The van der Waals surface area contributed by atoms with Crippen LogP contribution in [0, 0.1) is 13.8 Å². The molecule has 0 saturated heterocycles. The molecule has 0 radical (unpaired) electrons. The average molecular weight is 458 g/mol. The van der Waals surface area contributed by atoms with Crippen LogP contribution in [0.5, 0.6) is 0 Å². The maximum absolute atomic E-state index is 9.66. The van der Waals surface area contributed by atoms with Gasteiger partial charge < -0.3 is 10.1 Å². The van der Waals surface area contributed by atoms with Gasteiger partial charge in [0, 0.05) is 33.5 Å². The summed E-state index contributed by atoms with van der Waals surface area (Å²) in [5.41, 5.74) is 6.34. The summed E-state index contributed by atoms with van der Waals surface area (Å²) in [4.78, 5) is 2.21. The average Bonchev–Trinajstić information content (AvgIpc) is 2.67. The minimum absolute atomic E-state index is 0.470. The SMILES string of the molecule is CCN(c1ccc(C(=NO)c2ccccc2C)c(Cl)c1)c1ccc(Br)cc1C. The Hall–Kier alpha value is -2.30. The van der Waals surface area contributed by atoms with Gasteiger partial charge in [0.2, 0.25) is 0 Å². The lowest BCUT2D eigenvalue weighted by molar-refractivity contribution is 0.319. The van der Waals surface area contributed by atoms with Gasteiger partial charge in [-0.25, -0.2) is 0 Å². The van der Waals surface area contributed by atoms with Gasteiger partial charge in [-0.3, -0.25) is 0 Å². The van der Waals surface area contributed by atoms with Gasteiger partial charge in [0.25, 0.3) is 0 Å². The van der Waals surface area contributed by atoms with Gasteiger partial charge >= 0.3 is 0 Å². The van der Waals surface area contributed by atoms with E-state index < -0.39 is 0 Å². The van der Waals surface area contributed by atoms with E-state index in [1.807, 2.05) is 55.5 Å². The Morgan fingerprint density at radius 3 is 2.36 bits per heavy atom. The van der Waals surface area contributed by atoms with E-state index >= 15 is 0 Å². The highest BCUT2D eigenvalue weighted by molar-refractivity contribution is 9.10. The molecule has 0 aromatic heterocycles. The van der Waals surface area contributed by atoms with E-state index in [1.165, 1.54) is 5.56 Å². The molecule has 144 valence electrons. The van der Waals surface area contributed by atoms with Crippen molar-refractivity contribution in [3.05, 3.63) is 92.4 Å². The van der Waals surface area contributed by atoms with Gasteiger partial charge in [-0.1, -0.05) is 57.0 Å². The fraction of sp³-hybridized carbons (Fsp3) is 0.174. The molecule has 0 amide bonds. The maximum Gasteiger partial charge on any atom is 0.118 e. The zero-order valence-corrected chi connectivity index (χ0v) is 18.4. The number of benzene rings is 3. The van der Waals surface area contributed by atoms with Crippen LogP contribution in [0.2, 0.25) is 5.02 Å². The predicted octanol–water partition coefficient (Wildman–Crippen LogP) is 7.10. The van der Waals surface area contributed by atoms with Crippen molar-refractivity contribution >= 4 is 44.6 Å². The van der Waals surface area contributed by atoms with Gasteiger partial charge in [-0.2, -0.15) is 0 Å². The van der Waals surface area contributed by atoms with Crippen molar-refractivity contribution in [2.24, 2.45) is 5.16 Å². The van der Waals surface area contributed by atoms with Crippen molar-refractivity contribution in [2.45, 2.75) is 20.8 Å².